The smallest absolute Gasteiger partial charge is 0.258 e. The highest BCUT2D eigenvalue weighted by molar-refractivity contribution is 7.99. The second-order valence-electron chi connectivity index (χ2n) is 4.56. The van der Waals surface area contributed by atoms with E-state index in [0.717, 1.165) is 16.3 Å². The van der Waals surface area contributed by atoms with E-state index in [9.17, 15) is 10.1 Å². The predicted molar refractivity (Wildman–Crippen MR) is 87.1 cm³/mol. The number of aromatic amines is 1. The van der Waals surface area contributed by atoms with Gasteiger partial charge in [0.1, 0.15) is 0 Å². The molecule has 0 spiro atoms. The summed E-state index contributed by atoms with van der Waals surface area (Å²) in [5.74, 6) is 0.740. The molecule has 22 heavy (non-hydrogen) atoms. The molecule has 0 aliphatic carbocycles. The van der Waals surface area contributed by atoms with Gasteiger partial charge >= 0.3 is 0 Å². The van der Waals surface area contributed by atoms with Crippen LogP contribution in [0.1, 0.15) is 17.7 Å². The van der Waals surface area contributed by atoms with Gasteiger partial charge in [-0.25, -0.2) is 4.98 Å². The number of nitro benzene ring substituents is 1. The maximum Gasteiger partial charge on any atom is 0.269 e. The second-order valence-corrected chi connectivity index (χ2v) is 6.81. The molecule has 0 saturated heterocycles. The number of thioether (sulfide) groups is 1. The molecular weight excluding hydrogens is 320 g/mol. The van der Waals surface area contributed by atoms with Crippen LogP contribution in [0.4, 0.5) is 5.69 Å². The van der Waals surface area contributed by atoms with E-state index in [1.165, 1.54) is 17.8 Å². The Morgan fingerprint density at radius 1 is 1.36 bits per heavy atom. The number of nitrogens with zero attached hydrogens (tertiary/aromatic N) is 3. The van der Waals surface area contributed by atoms with Crippen molar-refractivity contribution in [1.29, 1.82) is 0 Å². The van der Waals surface area contributed by atoms with Crippen LogP contribution < -0.4 is 0 Å². The lowest BCUT2D eigenvalue weighted by atomic mass is 10.1. The standard InChI is InChI=1S/C14H12N4O2S2/c1-9(10-4-2-5-11(8-10)18(19)20)22-14-15-13(16-17-14)12-6-3-7-21-12/h2-9H,1H3,(H,15,16,17)/t9-/m1/s1. The molecule has 112 valence electrons. The van der Waals surface area contributed by atoms with Crippen molar-refractivity contribution in [2.24, 2.45) is 0 Å². The monoisotopic (exact) mass is 332 g/mol. The Morgan fingerprint density at radius 3 is 2.95 bits per heavy atom. The molecule has 2 heterocycles. The summed E-state index contributed by atoms with van der Waals surface area (Å²) in [5.41, 5.74) is 0.973. The van der Waals surface area contributed by atoms with Crippen molar-refractivity contribution < 1.29 is 4.92 Å². The minimum atomic E-state index is -0.386. The molecule has 6 nitrogen and oxygen atoms in total. The van der Waals surface area contributed by atoms with Crippen molar-refractivity contribution >= 4 is 28.8 Å². The third-order valence-electron chi connectivity index (χ3n) is 3.05. The fourth-order valence-corrected chi connectivity index (χ4v) is 3.45. The quantitative estimate of drug-likeness (QED) is 0.428. The summed E-state index contributed by atoms with van der Waals surface area (Å²) in [6.45, 7) is 1.98. The minimum absolute atomic E-state index is 0.0203. The van der Waals surface area contributed by atoms with E-state index in [4.69, 9.17) is 0 Å². The van der Waals surface area contributed by atoms with Gasteiger partial charge in [0, 0.05) is 17.4 Å². The highest BCUT2D eigenvalue weighted by Gasteiger charge is 2.15. The van der Waals surface area contributed by atoms with Gasteiger partial charge in [0.15, 0.2) is 5.82 Å². The molecule has 0 radical (unpaired) electrons. The molecule has 0 amide bonds. The molecule has 1 N–H and O–H groups in total. The van der Waals surface area contributed by atoms with Gasteiger partial charge in [-0.1, -0.05) is 30.0 Å². The fourth-order valence-electron chi connectivity index (χ4n) is 1.94. The molecule has 8 heteroatoms. The molecular formula is C14H12N4O2S2. The average Bonchev–Trinajstić information content (AvgIpc) is 3.18. The van der Waals surface area contributed by atoms with E-state index in [2.05, 4.69) is 15.2 Å². The average molecular weight is 332 g/mol. The second kappa shape index (κ2) is 6.29. The van der Waals surface area contributed by atoms with Crippen LogP contribution in [0.2, 0.25) is 0 Å². The van der Waals surface area contributed by atoms with Gasteiger partial charge in [-0.05, 0) is 23.9 Å². The number of nitrogens with one attached hydrogen (secondary N) is 1. The summed E-state index contributed by atoms with van der Waals surface area (Å²) in [6.07, 6.45) is 0. The van der Waals surface area contributed by atoms with Crippen LogP contribution in [0, 0.1) is 10.1 Å². The van der Waals surface area contributed by atoms with Crippen LogP contribution in [0.5, 0.6) is 0 Å². The number of non-ortho nitro benzene ring substituents is 1. The molecule has 0 bridgehead atoms. The van der Waals surface area contributed by atoms with E-state index in [0.29, 0.717) is 5.16 Å². The van der Waals surface area contributed by atoms with Crippen LogP contribution in [-0.4, -0.2) is 20.1 Å². The van der Waals surface area contributed by atoms with Gasteiger partial charge in [0.05, 0.1) is 9.80 Å². The Morgan fingerprint density at radius 2 is 2.23 bits per heavy atom. The van der Waals surface area contributed by atoms with Crippen molar-refractivity contribution in [3.8, 4) is 10.7 Å². The van der Waals surface area contributed by atoms with Crippen LogP contribution in [0.25, 0.3) is 10.7 Å². The zero-order valence-electron chi connectivity index (χ0n) is 11.6. The first-order valence-electron chi connectivity index (χ1n) is 6.51. The van der Waals surface area contributed by atoms with E-state index in [1.54, 1.807) is 23.5 Å². The zero-order chi connectivity index (χ0) is 15.5. The van der Waals surface area contributed by atoms with Gasteiger partial charge in [-0.15, -0.1) is 16.4 Å². The molecule has 3 aromatic rings. The summed E-state index contributed by atoms with van der Waals surface area (Å²) in [5, 5.41) is 20.6. The first-order valence-corrected chi connectivity index (χ1v) is 8.26. The molecule has 0 aliphatic rings. The van der Waals surface area contributed by atoms with E-state index < -0.39 is 0 Å². The Bertz CT molecular complexity index is 786. The number of thiophene rings is 1. The summed E-state index contributed by atoms with van der Waals surface area (Å²) in [6, 6.07) is 10.6. The minimum Gasteiger partial charge on any atom is -0.258 e. The SMILES string of the molecule is C[C@@H](Sc1n[nH]c(-c2cccs2)n1)c1cccc([N+](=O)[O-])c1. The van der Waals surface area contributed by atoms with Crippen molar-refractivity contribution in [2.45, 2.75) is 17.3 Å². The molecule has 0 fully saturated rings. The first-order chi connectivity index (χ1) is 10.6. The summed E-state index contributed by atoms with van der Waals surface area (Å²) in [7, 11) is 0. The first kappa shape index (κ1) is 14.7. The third kappa shape index (κ3) is 3.18. The van der Waals surface area contributed by atoms with E-state index >= 15 is 0 Å². The highest BCUT2D eigenvalue weighted by Crippen LogP contribution is 2.35. The predicted octanol–water partition coefficient (Wildman–Crippen LogP) is 4.29. The summed E-state index contributed by atoms with van der Waals surface area (Å²) < 4.78 is 0. The van der Waals surface area contributed by atoms with Crippen LogP contribution in [-0.2, 0) is 0 Å². The lowest BCUT2D eigenvalue weighted by Crippen LogP contribution is -1.93. The molecule has 0 saturated carbocycles. The topological polar surface area (TPSA) is 84.7 Å². The Balaban J connectivity index is 1.75. The molecule has 0 aliphatic heterocycles. The van der Waals surface area contributed by atoms with Crippen molar-refractivity contribution in [3.63, 3.8) is 0 Å². The molecule has 0 unspecified atom stereocenters. The van der Waals surface area contributed by atoms with Crippen LogP contribution in [0.15, 0.2) is 46.9 Å². The zero-order valence-corrected chi connectivity index (χ0v) is 13.2. The Hall–Kier alpha value is -2.19. The Labute approximate surface area is 134 Å². The normalized spacial score (nSPS) is 12.2. The number of hydrogen-bond donors (Lipinski definition) is 1. The number of nitro groups is 1. The van der Waals surface area contributed by atoms with Gasteiger partial charge in [-0.3, -0.25) is 15.2 Å². The molecule has 2 aromatic heterocycles. The summed E-state index contributed by atoms with van der Waals surface area (Å²) >= 11 is 3.06. The van der Waals surface area contributed by atoms with Crippen molar-refractivity contribution in [3.05, 3.63) is 57.5 Å². The highest BCUT2D eigenvalue weighted by atomic mass is 32.2. The van der Waals surface area contributed by atoms with Crippen LogP contribution in [0.3, 0.4) is 0 Å². The van der Waals surface area contributed by atoms with E-state index in [-0.39, 0.29) is 15.9 Å². The molecule has 3 rings (SSSR count). The fraction of sp³-hybridized carbons (Fsp3) is 0.143. The number of benzene rings is 1. The van der Waals surface area contributed by atoms with Gasteiger partial charge in [0.25, 0.3) is 5.69 Å². The lowest BCUT2D eigenvalue weighted by Gasteiger charge is -2.08. The largest absolute Gasteiger partial charge is 0.269 e. The maximum atomic E-state index is 10.8. The van der Waals surface area contributed by atoms with Crippen LogP contribution >= 0.6 is 23.1 Å². The van der Waals surface area contributed by atoms with Gasteiger partial charge in [0.2, 0.25) is 5.16 Å². The number of aromatic nitrogens is 3. The number of rotatable bonds is 5. The van der Waals surface area contributed by atoms with Crippen molar-refractivity contribution in [2.75, 3.05) is 0 Å². The maximum absolute atomic E-state index is 10.8. The van der Waals surface area contributed by atoms with Gasteiger partial charge < -0.3 is 0 Å². The lowest BCUT2D eigenvalue weighted by molar-refractivity contribution is -0.384. The molecule has 1 aromatic carbocycles. The van der Waals surface area contributed by atoms with Gasteiger partial charge in [-0.2, -0.15) is 0 Å². The number of hydrogen-bond acceptors (Lipinski definition) is 6. The Kier molecular flexibility index (Phi) is 4.21. The summed E-state index contributed by atoms with van der Waals surface area (Å²) in [4.78, 5) is 15.9. The van der Waals surface area contributed by atoms with E-state index in [1.807, 2.05) is 30.5 Å². The third-order valence-corrected chi connectivity index (χ3v) is 4.95. The van der Waals surface area contributed by atoms with Crippen molar-refractivity contribution in [1.82, 2.24) is 15.2 Å². The number of H-pyrrole nitrogens is 1. The molecule has 1 atom stereocenters.